The van der Waals surface area contributed by atoms with Crippen molar-refractivity contribution in [3.05, 3.63) is 63.2 Å². The van der Waals surface area contributed by atoms with Crippen LogP contribution in [0.2, 0.25) is 5.02 Å². The van der Waals surface area contributed by atoms with Gasteiger partial charge in [0, 0.05) is 38.6 Å². The number of ether oxygens (including phenoxy) is 1. The second-order valence-corrected chi connectivity index (χ2v) is 6.59. The first kappa shape index (κ1) is 13.2. The second-order valence-electron chi connectivity index (χ2n) is 5.27. The highest BCUT2D eigenvalue weighted by Gasteiger charge is 2.18. The second kappa shape index (κ2) is 5.08. The van der Waals surface area contributed by atoms with Crippen LogP contribution in [0.3, 0.4) is 0 Å². The van der Waals surface area contributed by atoms with Crippen molar-refractivity contribution in [1.29, 1.82) is 0 Å². The van der Waals surface area contributed by atoms with Crippen molar-refractivity contribution >= 4 is 38.4 Å². The van der Waals surface area contributed by atoms with Crippen LogP contribution >= 0.6 is 27.5 Å². The van der Waals surface area contributed by atoms with Crippen molar-refractivity contribution < 1.29 is 4.74 Å². The molecule has 1 aliphatic rings. The van der Waals surface area contributed by atoms with Gasteiger partial charge < -0.3 is 9.30 Å². The quantitative estimate of drug-likeness (QED) is 0.623. The van der Waals surface area contributed by atoms with Crippen molar-refractivity contribution in [3.8, 4) is 5.75 Å². The summed E-state index contributed by atoms with van der Waals surface area (Å²) in [6.07, 6.45) is 3.07. The van der Waals surface area contributed by atoms with Crippen LogP contribution < -0.4 is 4.74 Å². The largest absolute Gasteiger partial charge is 0.493 e. The molecule has 0 aliphatic carbocycles. The Hall–Kier alpha value is -1.45. The molecule has 1 aromatic heterocycles. The lowest BCUT2D eigenvalue weighted by molar-refractivity contribution is 0.353. The molecular formula is C17H13BrClNO. The molecule has 0 fully saturated rings. The Morgan fingerprint density at radius 2 is 2.14 bits per heavy atom. The molecule has 0 spiro atoms. The van der Waals surface area contributed by atoms with Crippen LogP contribution in [0.1, 0.15) is 11.1 Å². The molecule has 0 amide bonds. The molecule has 0 saturated heterocycles. The minimum Gasteiger partial charge on any atom is -0.493 e. The van der Waals surface area contributed by atoms with E-state index in [1.165, 1.54) is 11.1 Å². The van der Waals surface area contributed by atoms with E-state index in [1.807, 2.05) is 12.1 Å². The third kappa shape index (κ3) is 2.25. The predicted octanol–water partition coefficient (Wildman–Crippen LogP) is 5.04. The van der Waals surface area contributed by atoms with Crippen molar-refractivity contribution in [2.75, 3.05) is 6.61 Å². The summed E-state index contributed by atoms with van der Waals surface area (Å²) in [5.74, 6) is 1.04. The van der Waals surface area contributed by atoms with E-state index in [4.69, 9.17) is 16.3 Å². The average Bonchev–Trinajstić information content (AvgIpc) is 3.07. The van der Waals surface area contributed by atoms with Gasteiger partial charge in [0.05, 0.1) is 13.2 Å². The lowest BCUT2D eigenvalue weighted by Gasteiger charge is -2.11. The number of aromatic nitrogens is 1. The summed E-state index contributed by atoms with van der Waals surface area (Å²) in [7, 11) is 0. The Morgan fingerprint density at radius 1 is 1.24 bits per heavy atom. The molecule has 0 unspecified atom stereocenters. The molecule has 21 heavy (non-hydrogen) atoms. The molecule has 0 radical (unpaired) electrons. The van der Waals surface area contributed by atoms with Crippen LogP contribution in [0.15, 0.2) is 47.1 Å². The third-order valence-corrected chi connectivity index (χ3v) is 4.71. The zero-order chi connectivity index (χ0) is 14.4. The molecule has 0 saturated carbocycles. The minimum absolute atomic E-state index is 0.775. The van der Waals surface area contributed by atoms with E-state index >= 15 is 0 Å². The fraction of sp³-hybridized carbons (Fsp3) is 0.176. The molecule has 0 atom stereocenters. The standard InChI is InChI=1S/C17H13BrClNO/c18-13-8-11-5-7-21-17(11)12(9-13)10-20-6-4-14-15(19)2-1-3-16(14)20/h1-4,6,8-9H,5,7,10H2. The molecule has 106 valence electrons. The van der Waals surface area contributed by atoms with Gasteiger partial charge in [-0.05, 0) is 35.9 Å². The van der Waals surface area contributed by atoms with Gasteiger partial charge in [-0.2, -0.15) is 0 Å². The first-order valence-corrected chi connectivity index (χ1v) is 8.07. The zero-order valence-electron chi connectivity index (χ0n) is 11.3. The Balaban J connectivity index is 1.81. The number of fused-ring (bicyclic) bond motifs is 2. The van der Waals surface area contributed by atoms with E-state index < -0.39 is 0 Å². The van der Waals surface area contributed by atoms with Gasteiger partial charge in [-0.1, -0.05) is 33.6 Å². The molecule has 2 nitrogen and oxygen atoms in total. The number of hydrogen-bond acceptors (Lipinski definition) is 1. The molecule has 4 rings (SSSR count). The number of benzene rings is 2. The third-order valence-electron chi connectivity index (χ3n) is 3.93. The van der Waals surface area contributed by atoms with E-state index in [2.05, 4.69) is 51.0 Å². The maximum absolute atomic E-state index is 6.25. The summed E-state index contributed by atoms with van der Waals surface area (Å²) in [5.41, 5.74) is 3.64. The lowest BCUT2D eigenvalue weighted by atomic mass is 10.1. The fourth-order valence-corrected chi connectivity index (χ4v) is 3.76. The molecular weight excluding hydrogens is 350 g/mol. The Bertz CT molecular complexity index is 840. The molecule has 0 bridgehead atoms. The predicted molar refractivity (Wildman–Crippen MR) is 89.4 cm³/mol. The SMILES string of the molecule is Clc1cccc2c1ccn2Cc1cc(Br)cc2c1OCC2. The average molecular weight is 363 g/mol. The summed E-state index contributed by atoms with van der Waals surface area (Å²) in [6, 6.07) is 12.4. The molecule has 3 aromatic rings. The molecule has 2 heterocycles. The van der Waals surface area contributed by atoms with Crippen LogP contribution in [0.25, 0.3) is 10.9 Å². The zero-order valence-corrected chi connectivity index (χ0v) is 13.6. The number of hydrogen-bond donors (Lipinski definition) is 0. The monoisotopic (exact) mass is 361 g/mol. The van der Waals surface area contributed by atoms with Crippen molar-refractivity contribution in [3.63, 3.8) is 0 Å². The Labute approximate surface area is 136 Å². The summed E-state index contributed by atoms with van der Waals surface area (Å²) >= 11 is 9.84. The Kier molecular flexibility index (Phi) is 3.20. The van der Waals surface area contributed by atoms with Crippen LogP contribution in [0.4, 0.5) is 0 Å². The maximum atomic E-state index is 6.25. The highest BCUT2D eigenvalue weighted by molar-refractivity contribution is 9.10. The van der Waals surface area contributed by atoms with Crippen LogP contribution in [0, 0.1) is 0 Å². The van der Waals surface area contributed by atoms with E-state index in [9.17, 15) is 0 Å². The normalized spacial score (nSPS) is 13.4. The smallest absolute Gasteiger partial charge is 0.127 e. The first-order valence-electron chi connectivity index (χ1n) is 6.90. The van der Waals surface area contributed by atoms with Gasteiger partial charge >= 0.3 is 0 Å². The summed E-state index contributed by atoms with van der Waals surface area (Å²) in [4.78, 5) is 0. The van der Waals surface area contributed by atoms with Crippen LogP contribution in [0.5, 0.6) is 5.75 Å². The maximum Gasteiger partial charge on any atom is 0.127 e. The highest BCUT2D eigenvalue weighted by atomic mass is 79.9. The summed E-state index contributed by atoms with van der Waals surface area (Å²) in [5, 5.41) is 1.88. The summed E-state index contributed by atoms with van der Waals surface area (Å²) in [6.45, 7) is 1.56. The van der Waals surface area contributed by atoms with Gasteiger partial charge in [-0.25, -0.2) is 0 Å². The van der Waals surface area contributed by atoms with E-state index in [1.54, 1.807) is 0 Å². The lowest BCUT2D eigenvalue weighted by Crippen LogP contribution is -2.00. The van der Waals surface area contributed by atoms with Gasteiger partial charge in [0.15, 0.2) is 0 Å². The van der Waals surface area contributed by atoms with Gasteiger partial charge in [-0.15, -0.1) is 0 Å². The molecule has 4 heteroatoms. The van der Waals surface area contributed by atoms with Crippen LogP contribution in [-0.2, 0) is 13.0 Å². The topological polar surface area (TPSA) is 14.2 Å². The number of halogens is 2. The van der Waals surface area contributed by atoms with Crippen LogP contribution in [-0.4, -0.2) is 11.2 Å². The summed E-state index contributed by atoms with van der Waals surface area (Å²) < 4.78 is 9.13. The van der Waals surface area contributed by atoms with Gasteiger partial charge in [0.2, 0.25) is 0 Å². The minimum atomic E-state index is 0.775. The number of nitrogens with zero attached hydrogens (tertiary/aromatic N) is 1. The van der Waals surface area contributed by atoms with Crippen molar-refractivity contribution in [1.82, 2.24) is 4.57 Å². The van der Waals surface area contributed by atoms with Gasteiger partial charge in [0.25, 0.3) is 0 Å². The van der Waals surface area contributed by atoms with Crippen molar-refractivity contribution in [2.24, 2.45) is 0 Å². The van der Waals surface area contributed by atoms with Gasteiger partial charge in [-0.3, -0.25) is 0 Å². The molecule has 0 N–H and O–H groups in total. The number of rotatable bonds is 2. The Morgan fingerprint density at radius 3 is 3.05 bits per heavy atom. The van der Waals surface area contributed by atoms with Crippen molar-refractivity contribution in [2.45, 2.75) is 13.0 Å². The molecule has 2 aromatic carbocycles. The fourth-order valence-electron chi connectivity index (χ4n) is 2.97. The molecule has 1 aliphatic heterocycles. The first-order chi connectivity index (χ1) is 10.2. The van der Waals surface area contributed by atoms with E-state index in [0.29, 0.717) is 0 Å². The van der Waals surface area contributed by atoms with Gasteiger partial charge in [0.1, 0.15) is 5.75 Å². The van der Waals surface area contributed by atoms with E-state index in [0.717, 1.165) is 45.7 Å². The highest BCUT2D eigenvalue weighted by Crippen LogP contribution is 2.34. The van der Waals surface area contributed by atoms with E-state index in [-0.39, 0.29) is 0 Å².